The minimum atomic E-state index is 0.848. The van der Waals surface area contributed by atoms with E-state index in [1.807, 2.05) is 37.3 Å². The number of terminal acetylenes is 1. The zero-order valence-corrected chi connectivity index (χ0v) is 35.3. The molecule has 0 saturated carbocycles. The van der Waals surface area contributed by atoms with Gasteiger partial charge in [0, 0.05) is 70.4 Å². The van der Waals surface area contributed by atoms with Crippen molar-refractivity contribution >= 4 is 46.0 Å². The van der Waals surface area contributed by atoms with Crippen molar-refractivity contribution in [3.05, 3.63) is 236 Å². The summed E-state index contributed by atoms with van der Waals surface area (Å²) in [7, 11) is 0. The van der Waals surface area contributed by atoms with Gasteiger partial charge in [-0.3, -0.25) is 0 Å². The van der Waals surface area contributed by atoms with Crippen LogP contribution >= 0.6 is 0 Å². The second kappa shape index (κ2) is 20.3. The maximum atomic E-state index is 5.75. The molecule has 298 valence electrons. The normalized spacial score (nSPS) is 11.8. The molecular formula is C58H52N3+. The molecule has 0 aliphatic heterocycles. The van der Waals surface area contributed by atoms with Gasteiger partial charge in [-0.1, -0.05) is 109 Å². The lowest BCUT2D eigenvalue weighted by Gasteiger charge is -2.27. The second-order valence-corrected chi connectivity index (χ2v) is 14.7. The van der Waals surface area contributed by atoms with E-state index < -0.39 is 0 Å². The Morgan fingerprint density at radius 1 is 0.557 bits per heavy atom. The first kappa shape index (κ1) is 41.5. The van der Waals surface area contributed by atoms with Crippen LogP contribution in [0.5, 0.6) is 0 Å². The fourth-order valence-electron chi connectivity index (χ4n) is 7.43. The monoisotopic (exact) mass is 790 g/mol. The molecule has 0 unspecified atom stereocenters. The summed E-state index contributed by atoms with van der Waals surface area (Å²) in [6.07, 6.45) is 22.3. The second-order valence-electron chi connectivity index (χ2n) is 14.7. The summed E-state index contributed by atoms with van der Waals surface area (Å²) >= 11 is 0. The maximum Gasteiger partial charge on any atom is 0.210 e. The Morgan fingerprint density at radius 2 is 1.02 bits per heavy atom. The van der Waals surface area contributed by atoms with E-state index in [4.69, 9.17) is 6.42 Å². The molecule has 0 bridgehead atoms. The van der Waals surface area contributed by atoms with Crippen LogP contribution in [0, 0.1) is 19.3 Å². The Hall–Kier alpha value is -7.67. The van der Waals surface area contributed by atoms with Crippen molar-refractivity contribution in [3.63, 3.8) is 0 Å². The Kier molecular flexibility index (Phi) is 13.8. The van der Waals surface area contributed by atoms with Gasteiger partial charge >= 0.3 is 0 Å². The molecule has 0 aromatic heterocycles. The summed E-state index contributed by atoms with van der Waals surface area (Å²) in [5, 5.41) is 0. The summed E-state index contributed by atoms with van der Waals surface area (Å²) in [6, 6.07) is 62.4. The van der Waals surface area contributed by atoms with Crippen LogP contribution in [0.4, 0.5) is 39.8 Å². The third kappa shape index (κ3) is 10.1. The van der Waals surface area contributed by atoms with E-state index in [2.05, 4.69) is 229 Å². The molecule has 7 rings (SSSR count). The highest BCUT2D eigenvalue weighted by atomic mass is 15.1. The van der Waals surface area contributed by atoms with Crippen molar-refractivity contribution in [2.24, 2.45) is 0 Å². The van der Waals surface area contributed by atoms with Crippen LogP contribution in [-0.4, -0.2) is 6.21 Å². The molecule has 0 fully saturated rings. The van der Waals surface area contributed by atoms with Gasteiger partial charge in [-0.2, -0.15) is 4.58 Å². The molecule has 0 spiro atoms. The van der Waals surface area contributed by atoms with E-state index in [-0.39, 0.29) is 0 Å². The predicted molar refractivity (Wildman–Crippen MR) is 264 cm³/mol. The third-order valence-electron chi connectivity index (χ3n) is 10.6. The van der Waals surface area contributed by atoms with E-state index in [0.29, 0.717) is 0 Å². The van der Waals surface area contributed by atoms with Gasteiger partial charge in [0.1, 0.15) is 0 Å². The van der Waals surface area contributed by atoms with Crippen LogP contribution in [0.2, 0.25) is 0 Å². The van der Waals surface area contributed by atoms with E-state index in [9.17, 15) is 0 Å². The van der Waals surface area contributed by atoms with Crippen molar-refractivity contribution in [3.8, 4) is 34.6 Å². The fraction of sp³-hybridized carbons (Fsp3) is 0.0862. The van der Waals surface area contributed by atoms with Gasteiger partial charge < -0.3 is 9.80 Å². The van der Waals surface area contributed by atoms with Crippen LogP contribution in [0.3, 0.4) is 0 Å². The smallest absolute Gasteiger partial charge is 0.210 e. The summed E-state index contributed by atoms with van der Waals surface area (Å²) in [6.45, 7) is 10.2. The Balaban J connectivity index is 1.16. The number of rotatable bonds is 15. The molecular weight excluding hydrogens is 739 g/mol. The number of unbranched alkanes of at least 4 members (excludes halogenated alkanes) is 1. The van der Waals surface area contributed by atoms with Crippen LogP contribution in [0.15, 0.2) is 225 Å². The highest BCUT2D eigenvalue weighted by Crippen LogP contribution is 2.38. The largest absolute Gasteiger partial charge is 0.311 e. The number of para-hydroxylation sites is 1. The Morgan fingerprint density at radius 3 is 1.49 bits per heavy atom. The fourth-order valence-corrected chi connectivity index (χ4v) is 7.43. The lowest BCUT2D eigenvalue weighted by Crippen LogP contribution is -2.15. The third-order valence-corrected chi connectivity index (χ3v) is 10.6. The molecule has 61 heavy (non-hydrogen) atoms. The molecule has 0 atom stereocenters. The highest BCUT2D eigenvalue weighted by Gasteiger charge is 2.17. The summed E-state index contributed by atoms with van der Waals surface area (Å²) in [4.78, 5) is 4.52. The first-order chi connectivity index (χ1) is 30.0. The average Bonchev–Trinajstić information content (AvgIpc) is 3.31. The van der Waals surface area contributed by atoms with Gasteiger partial charge in [-0.05, 0) is 147 Å². The number of nitrogens with zero attached hydrogens (tertiary/aromatic N) is 3. The van der Waals surface area contributed by atoms with Gasteiger partial charge in [0.15, 0.2) is 6.21 Å². The minimum absolute atomic E-state index is 0.848. The number of benzene rings is 7. The molecule has 3 heteroatoms. The number of allylic oxidation sites excluding steroid dienone is 6. The minimum Gasteiger partial charge on any atom is -0.311 e. The molecule has 0 aliphatic carbocycles. The van der Waals surface area contributed by atoms with Crippen molar-refractivity contribution in [2.45, 2.75) is 33.6 Å². The van der Waals surface area contributed by atoms with Gasteiger partial charge in [-0.15, -0.1) is 6.42 Å². The number of aryl methyl sites for hydroxylation is 1. The highest BCUT2D eigenvalue weighted by molar-refractivity contribution is 5.81. The topological polar surface area (TPSA) is 9.49 Å². The average molecular weight is 791 g/mol. The van der Waals surface area contributed by atoms with Crippen LogP contribution < -0.4 is 14.4 Å². The van der Waals surface area contributed by atoms with Crippen LogP contribution in [0.25, 0.3) is 22.3 Å². The number of hydrogen-bond donors (Lipinski definition) is 0. The summed E-state index contributed by atoms with van der Waals surface area (Å²) in [5.74, 6) is 2.76. The van der Waals surface area contributed by atoms with Gasteiger partial charge in [0.2, 0.25) is 11.4 Å². The molecule has 0 saturated heterocycles. The van der Waals surface area contributed by atoms with E-state index in [1.54, 1.807) is 0 Å². The molecule has 0 aliphatic rings. The molecule has 0 heterocycles. The molecule has 0 amide bonds. The van der Waals surface area contributed by atoms with Gasteiger partial charge in [0.05, 0.1) is 0 Å². The predicted octanol–water partition coefficient (Wildman–Crippen LogP) is 15.8. The molecule has 0 N–H and O–H groups in total. The van der Waals surface area contributed by atoms with Crippen molar-refractivity contribution in [1.82, 2.24) is 4.58 Å². The quantitative estimate of drug-likeness (QED) is 0.0256. The van der Waals surface area contributed by atoms with Crippen molar-refractivity contribution < 1.29 is 0 Å². The molecule has 3 nitrogen and oxygen atoms in total. The van der Waals surface area contributed by atoms with E-state index >= 15 is 0 Å². The van der Waals surface area contributed by atoms with Crippen LogP contribution in [-0.2, 0) is 0 Å². The van der Waals surface area contributed by atoms with Crippen molar-refractivity contribution in [2.75, 3.05) is 9.80 Å². The number of hydrogen-bond acceptors (Lipinski definition) is 2. The standard InChI is InChI=1S/C58H52N3/c1-6-10-11-15-44-59(51-32-20-45(5)21-33-51)52-36-24-47(25-37-52)48-28-40-57(41-29-48)61(55-34-22-46(9-4)23-35-55)58-42-30-50(31-43-58)49-26-38-56(39-27-49)60(53(16-7-2)17-8-3)54-18-13-12-14-19-54/h4,6-8,10,12-14,16-44H,2,11,15H2,1,3,5H3/q+1/b10-6-,17-8-,53-16+,59-44?. The lowest BCUT2D eigenvalue weighted by atomic mass is 10.0. The lowest BCUT2D eigenvalue weighted by molar-refractivity contribution is 1.03. The Labute approximate surface area is 362 Å². The summed E-state index contributed by atoms with van der Waals surface area (Å²) < 4.78 is 2.29. The first-order valence-corrected chi connectivity index (χ1v) is 20.9. The SMILES string of the molecule is C#Cc1ccc(N(c2ccc(-c3ccc(N(C(/C=C\C)=C/C=C)c4ccccc4)cc3)cc2)c2ccc(-c3ccc([N+](=CCC/C=C\C)c4ccc(C)cc4)cc3)cc2)cc1. The van der Waals surface area contributed by atoms with E-state index in [1.165, 1.54) is 5.56 Å². The molecule has 0 radical (unpaired) electrons. The zero-order chi connectivity index (χ0) is 42.4. The van der Waals surface area contributed by atoms with Crippen LogP contribution in [0.1, 0.15) is 37.8 Å². The van der Waals surface area contributed by atoms with E-state index in [0.717, 1.165) is 86.2 Å². The molecule has 7 aromatic carbocycles. The maximum absolute atomic E-state index is 5.75. The van der Waals surface area contributed by atoms with Crippen molar-refractivity contribution in [1.29, 1.82) is 0 Å². The zero-order valence-electron chi connectivity index (χ0n) is 35.3. The number of anilines is 5. The summed E-state index contributed by atoms with van der Waals surface area (Å²) in [5.41, 5.74) is 15.3. The van der Waals surface area contributed by atoms with Gasteiger partial charge in [-0.25, -0.2) is 0 Å². The molecule has 7 aromatic rings. The Bertz CT molecular complexity index is 2670. The first-order valence-electron chi connectivity index (χ1n) is 20.9. The van der Waals surface area contributed by atoms with Gasteiger partial charge in [0.25, 0.3) is 0 Å².